The van der Waals surface area contributed by atoms with Crippen molar-refractivity contribution in [1.82, 2.24) is 5.32 Å². The molecule has 1 spiro atoms. The fourth-order valence-corrected chi connectivity index (χ4v) is 2.87. The Bertz CT molecular complexity index is 147. The van der Waals surface area contributed by atoms with E-state index in [4.69, 9.17) is 0 Å². The zero-order valence-corrected chi connectivity index (χ0v) is 10.2. The van der Waals surface area contributed by atoms with E-state index in [-0.39, 0.29) is 0 Å². The average Bonchev–Trinajstić information content (AvgIpc) is 2.59. The van der Waals surface area contributed by atoms with Crippen molar-refractivity contribution in [3.8, 4) is 0 Å². The molecule has 1 aliphatic heterocycles. The van der Waals surface area contributed by atoms with Gasteiger partial charge in [-0.05, 0) is 37.1 Å². The van der Waals surface area contributed by atoms with Gasteiger partial charge in [-0.1, -0.05) is 40.0 Å². The molecule has 2 atom stereocenters. The highest BCUT2D eigenvalue weighted by molar-refractivity contribution is 4.89. The second-order valence-corrected chi connectivity index (χ2v) is 4.96. The third kappa shape index (κ3) is 2.98. The lowest BCUT2D eigenvalue weighted by molar-refractivity contribution is 0.273. The van der Waals surface area contributed by atoms with Gasteiger partial charge in [-0.25, -0.2) is 0 Å². The normalized spacial score (nSPS) is 37.5. The van der Waals surface area contributed by atoms with Crippen LogP contribution in [0.5, 0.6) is 0 Å². The zero-order chi connectivity index (χ0) is 10.4. The molecule has 2 unspecified atom stereocenters. The predicted molar refractivity (Wildman–Crippen MR) is 63.5 cm³/mol. The molecule has 2 aliphatic rings. The summed E-state index contributed by atoms with van der Waals surface area (Å²) in [5, 5.41) is 3.53. The van der Waals surface area contributed by atoms with Crippen LogP contribution in [-0.4, -0.2) is 13.1 Å². The van der Waals surface area contributed by atoms with Crippen molar-refractivity contribution in [2.45, 2.75) is 59.3 Å². The van der Waals surface area contributed by atoms with E-state index >= 15 is 0 Å². The monoisotopic (exact) mass is 197 g/mol. The average molecular weight is 197 g/mol. The summed E-state index contributed by atoms with van der Waals surface area (Å²) in [6, 6.07) is 0. The molecule has 14 heavy (non-hydrogen) atoms. The SMILES string of the molecule is CC.CC1CCCC2(CCNC2)CC1. The maximum absolute atomic E-state index is 3.53. The Morgan fingerprint density at radius 2 is 1.86 bits per heavy atom. The quantitative estimate of drug-likeness (QED) is 0.626. The van der Waals surface area contributed by atoms with Crippen molar-refractivity contribution >= 4 is 0 Å². The number of nitrogens with one attached hydrogen (secondary N) is 1. The summed E-state index contributed by atoms with van der Waals surface area (Å²) < 4.78 is 0. The van der Waals surface area contributed by atoms with Crippen molar-refractivity contribution in [3.63, 3.8) is 0 Å². The van der Waals surface area contributed by atoms with E-state index in [9.17, 15) is 0 Å². The second kappa shape index (κ2) is 5.75. The van der Waals surface area contributed by atoms with E-state index < -0.39 is 0 Å². The van der Waals surface area contributed by atoms with E-state index in [2.05, 4.69) is 12.2 Å². The zero-order valence-electron chi connectivity index (χ0n) is 10.2. The lowest BCUT2D eigenvalue weighted by Crippen LogP contribution is -2.23. The van der Waals surface area contributed by atoms with E-state index in [0.29, 0.717) is 0 Å². The highest BCUT2D eigenvalue weighted by Crippen LogP contribution is 2.41. The van der Waals surface area contributed by atoms with Crippen LogP contribution in [0.1, 0.15) is 59.3 Å². The van der Waals surface area contributed by atoms with Crippen molar-refractivity contribution in [2.24, 2.45) is 11.3 Å². The van der Waals surface area contributed by atoms with E-state index in [1.54, 1.807) is 0 Å². The highest BCUT2D eigenvalue weighted by atomic mass is 14.9. The minimum atomic E-state index is 0.727. The van der Waals surface area contributed by atoms with Gasteiger partial charge in [-0.3, -0.25) is 0 Å². The van der Waals surface area contributed by atoms with Crippen LogP contribution in [-0.2, 0) is 0 Å². The molecule has 0 aromatic heterocycles. The van der Waals surface area contributed by atoms with Crippen LogP contribution >= 0.6 is 0 Å². The molecule has 1 N–H and O–H groups in total. The highest BCUT2D eigenvalue weighted by Gasteiger charge is 2.34. The number of hydrogen-bond acceptors (Lipinski definition) is 1. The van der Waals surface area contributed by atoms with Crippen LogP contribution in [0.25, 0.3) is 0 Å². The maximum Gasteiger partial charge on any atom is 0.000829 e. The molecule has 0 amide bonds. The van der Waals surface area contributed by atoms with E-state index in [0.717, 1.165) is 11.3 Å². The Hall–Kier alpha value is -0.0400. The van der Waals surface area contributed by atoms with Crippen molar-refractivity contribution in [3.05, 3.63) is 0 Å². The molecule has 1 heteroatoms. The molecule has 1 heterocycles. The number of hydrogen-bond donors (Lipinski definition) is 1. The summed E-state index contributed by atoms with van der Waals surface area (Å²) in [6.45, 7) is 9.00. The molecule has 0 radical (unpaired) electrons. The van der Waals surface area contributed by atoms with Crippen molar-refractivity contribution < 1.29 is 0 Å². The van der Waals surface area contributed by atoms with Gasteiger partial charge >= 0.3 is 0 Å². The molecule has 1 saturated heterocycles. The van der Waals surface area contributed by atoms with Gasteiger partial charge in [0.25, 0.3) is 0 Å². The first kappa shape index (κ1) is 12.0. The molecule has 84 valence electrons. The van der Waals surface area contributed by atoms with Crippen molar-refractivity contribution in [2.75, 3.05) is 13.1 Å². The van der Waals surface area contributed by atoms with Gasteiger partial charge in [0.15, 0.2) is 0 Å². The summed E-state index contributed by atoms with van der Waals surface area (Å²) in [4.78, 5) is 0. The van der Waals surface area contributed by atoms with Gasteiger partial charge in [-0.2, -0.15) is 0 Å². The van der Waals surface area contributed by atoms with Crippen LogP contribution in [0.3, 0.4) is 0 Å². The summed E-state index contributed by atoms with van der Waals surface area (Å²) in [6.07, 6.45) is 8.84. The third-order valence-corrected chi connectivity index (χ3v) is 3.90. The van der Waals surface area contributed by atoms with Crippen LogP contribution in [0.4, 0.5) is 0 Å². The lowest BCUT2D eigenvalue weighted by Gasteiger charge is -2.26. The first-order chi connectivity index (χ1) is 6.81. The molecule has 1 nitrogen and oxygen atoms in total. The summed E-state index contributed by atoms with van der Waals surface area (Å²) in [5.74, 6) is 0.991. The molecule has 0 bridgehead atoms. The van der Waals surface area contributed by atoms with E-state index in [1.807, 2.05) is 13.8 Å². The minimum absolute atomic E-state index is 0.727. The van der Waals surface area contributed by atoms with Crippen LogP contribution in [0.2, 0.25) is 0 Å². The largest absolute Gasteiger partial charge is 0.316 e. The summed E-state index contributed by atoms with van der Waals surface area (Å²) in [7, 11) is 0. The smallest absolute Gasteiger partial charge is 0.000829 e. The Morgan fingerprint density at radius 1 is 1.07 bits per heavy atom. The first-order valence-electron chi connectivity index (χ1n) is 6.52. The third-order valence-electron chi connectivity index (χ3n) is 3.90. The van der Waals surface area contributed by atoms with Gasteiger partial charge in [0.1, 0.15) is 0 Å². The number of rotatable bonds is 0. The van der Waals surface area contributed by atoms with Crippen molar-refractivity contribution in [1.29, 1.82) is 0 Å². The topological polar surface area (TPSA) is 12.0 Å². The van der Waals surface area contributed by atoms with Gasteiger partial charge < -0.3 is 5.32 Å². The molecule has 0 aromatic rings. The standard InChI is InChI=1S/C11H21N.C2H6/c1-10-3-2-5-11(6-4-10)7-8-12-9-11;1-2/h10,12H,2-9H2,1H3;1-2H3. The molecule has 1 saturated carbocycles. The fourth-order valence-electron chi connectivity index (χ4n) is 2.87. The second-order valence-electron chi connectivity index (χ2n) is 4.96. The molecule has 2 rings (SSSR count). The summed E-state index contributed by atoms with van der Waals surface area (Å²) in [5.41, 5.74) is 0.727. The Morgan fingerprint density at radius 3 is 2.50 bits per heavy atom. The van der Waals surface area contributed by atoms with Gasteiger partial charge in [0.2, 0.25) is 0 Å². The fraction of sp³-hybridized carbons (Fsp3) is 1.00. The molecular formula is C13H27N. The summed E-state index contributed by atoms with van der Waals surface area (Å²) >= 11 is 0. The van der Waals surface area contributed by atoms with Gasteiger partial charge in [0, 0.05) is 6.54 Å². The molecular weight excluding hydrogens is 170 g/mol. The van der Waals surface area contributed by atoms with Gasteiger partial charge in [0.05, 0.1) is 0 Å². The molecule has 2 fully saturated rings. The molecule has 0 aromatic carbocycles. The molecule has 1 aliphatic carbocycles. The Balaban J connectivity index is 0.000000461. The predicted octanol–water partition coefficient (Wildman–Crippen LogP) is 3.59. The van der Waals surface area contributed by atoms with Crippen LogP contribution in [0, 0.1) is 11.3 Å². The Kier molecular flexibility index (Phi) is 4.94. The first-order valence-corrected chi connectivity index (χ1v) is 6.52. The minimum Gasteiger partial charge on any atom is -0.316 e. The van der Waals surface area contributed by atoms with Crippen LogP contribution < -0.4 is 5.32 Å². The Labute approximate surface area is 89.7 Å². The van der Waals surface area contributed by atoms with Crippen LogP contribution in [0.15, 0.2) is 0 Å². The lowest BCUT2D eigenvalue weighted by atomic mass is 9.79. The van der Waals surface area contributed by atoms with Gasteiger partial charge in [-0.15, -0.1) is 0 Å². The maximum atomic E-state index is 3.53. The van der Waals surface area contributed by atoms with E-state index in [1.165, 1.54) is 51.6 Å².